The van der Waals surface area contributed by atoms with Gasteiger partial charge in [-0.15, -0.1) is 0 Å². The van der Waals surface area contributed by atoms with Crippen molar-refractivity contribution in [2.75, 3.05) is 24.7 Å². The summed E-state index contributed by atoms with van der Waals surface area (Å²) < 4.78 is 184. The number of carbonyl (C=O) groups excluding carboxylic acids is 2. The lowest BCUT2D eigenvalue weighted by Gasteiger charge is -2.39. The number of aliphatic hydroxyl groups is 4. The highest BCUT2D eigenvalue weighted by atomic mass is 32.2. The molecule has 0 amide bonds. The number of rotatable bonds is 15. The van der Waals surface area contributed by atoms with Crippen molar-refractivity contribution < 1.29 is 101 Å². The van der Waals surface area contributed by atoms with E-state index in [-0.39, 0.29) is 17.9 Å². The summed E-state index contributed by atoms with van der Waals surface area (Å²) in [5.74, 6) is -41.6. The predicted octanol–water partition coefficient (Wildman–Crippen LogP) is 2.76. The molecule has 4 N–H and O–H groups in total. The number of esters is 2. The van der Waals surface area contributed by atoms with E-state index in [1.54, 1.807) is 0 Å². The molecule has 9 nitrogen and oxygen atoms in total. The second kappa shape index (κ2) is 14.3. The van der Waals surface area contributed by atoms with Crippen molar-refractivity contribution in [2.24, 2.45) is 5.92 Å². The number of hydrogen-bond acceptors (Lipinski definition) is 10. The number of hydrogen-bond donors (Lipinski definition) is 4. The minimum Gasteiger partial charge on any atom is -0.465 e. The number of aliphatic hydroxyl groups excluding tert-OH is 4. The summed E-state index contributed by atoms with van der Waals surface area (Å²) in [6.07, 6.45) is -19.3. The summed E-state index contributed by atoms with van der Waals surface area (Å²) >= 11 is 0.826. The molecule has 0 spiro atoms. The van der Waals surface area contributed by atoms with Gasteiger partial charge >= 0.3 is 47.7 Å². The Morgan fingerprint density at radius 1 is 0.773 bits per heavy atom. The van der Waals surface area contributed by atoms with Crippen LogP contribution < -0.4 is 0 Å². The van der Waals surface area contributed by atoms with Crippen LogP contribution in [0.3, 0.4) is 0 Å². The SMILES string of the molecule is CC(CSCCC(=O)OC[C@H]1OC(O)[C@@H](O)[C@@H](O)[C@@H]1O)C(=O)OCCC(F)(F)C(F)(F)C(F)(F)C(F)(F)C(F)(F)C(F)(F)F. The normalized spacial score (nSPS) is 25.0. The molecular weight excluding hydrogens is 675 g/mol. The highest BCUT2D eigenvalue weighted by molar-refractivity contribution is 7.99. The van der Waals surface area contributed by atoms with Crippen LogP contribution in [0.15, 0.2) is 0 Å². The van der Waals surface area contributed by atoms with Crippen molar-refractivity contribution in [2.45, 2.75) is 86.3 Å². The Bertz CT molecular complexity index is 984. The van der Waals surface area contributed by atoms with Gasteiger partial charge in [-0.2, -0.15) is 68.8 Å². The van der Waals surface area contributed by atoms with E-state index < -0.39 is 104 Å². The molecule has 0 radical (unpaired) electrons. The lowest BCUT2D eigenvalue weighted by atomic mass is 9.93. The number of thioether (sulfide) groups is 1. The molecule has 0 aliphatic carbocycles. The molecule has 1 rings (SSSR count). The third-order valence-corrected chi connectivity index (χ3v) is 7.20. The van der Waals surface area contributed by atoms with Crippen LogP contribution in [0.5, 0.6) is 0 Å². The lowest BCUT2D eigenvalue weighted by Crippen LogP contribution is -2.70. The van der Waals surface area contributed by atoms with E-state index in [1.807, 2.05) is 0 Å². The first-order valence-electron chi connectivity index (χ1n) is 11.9. The molecule has 23 heteroatoms. The van der Waals surface area contributed by atoms with Crippen molar-refractivity contribution in [3.63, 3.8) is 0 Å². The highest BCUT2D eigenvalue weighted by Gasteiger charge is 2.90. The fraction of sp³-hybridized carbons (Fsp3) is 0.905. The van der Waals surface area contributed by atoms with Crippen LogP contribution in [-0.4, -0.2) is 124 Å². The molecule has 1 fully saturated rings. The Labute approximate surface area is 242 Å². The second-order valence-electron chi connectivity index (χ2n) is 9.36. The van der Waals surface area contributed by atoms with E-state index in [0.29, 0.717) is 0 Å². The molecule has 0 aromatic heterocycles. The Morgan fingerprint density at radius 3 is 1.82 bits per heavy atom. The second-order valence-corrected chi connectivity index (χ2v) is 10.5. The summed E-state index contributed by atoms with van der Waals surface area (Å²) in [6, 6.07) is 0. The Morgan fingerprint density at radius 2 is 1.30 bits per heavy atom. The van der Waals surface area contributed by atoms with E-state index in [0.717, 1.165) is 18.7 Å². The summed E-state index contributed by atoms with van der Waals surface area (Å²) in [6.45, 7) is -1.47. The van der Waals surface area contributed by atoms with Gasteiger partial charge in [0.15, 0.2) is 6.29 Å². The fourth-order valence-corrected chi connectivity index (χ4v) is 4.15. The molecule has 260 valence electrons. The highest BCUT2D eigenvalue weighted by Crippen LogP contribution is 2.60. The minimum absolute atomic E-state index is 0.0926. The van der Waals surface area contributed by atoms with Crippen molar-refractivity contribution in [3.05, 3.63) is 0 Å². The first kappa shape index (κ1) is 40.2. The van der Waals surface area contributed by atoms with Gasteiger partial charge in [0.05, 0.1) is 25.4 Å². The van der Waals surface area contributed by atoms with E-state index >= 15 is 0 Å². The minimum atomic E-state index is -8.03. The molecule has 1 aliphatic heterocycles. The zero-order valence-electron chi connectivity index (χ0n) is 21.9. The third kappa shape index (κ3) is 8.30. The van der Waals surface area contributed by atoms with Gasteiger partial charge in [0, 0.05) is 11.5 Å². The smallest absolute Gasteiger partial charge is 0.460 e. The van der Waals surface area contributed by atoms with E-state index in [1.165, 1.54) is 0 Å². The number of alkyl halides is 13. The molecule has 6 atom stereocenters. The van der Waals surface area contributed by atoms with Crippen LogP contribution in [0.2, 0.25) is 0 Å². The maximum Gasteiger partial charge on any atom is 0.460 e. The van der Waals surface area contributed by atoms with Gasteiger partial charge in [0.25, 0.3) is 0 Å². The lowest BCUT2D eigenvalue weighted by molar-refractivity contribution is -0.440. The van der Waals surface area contributed by atoms with Gasteiger partial charge in [0.2, 0.25) is 0 Å². The quantitative estimate of drug-likeness (QED) is 0.115. The monoisotopic (exact) mass is 700 g/mol. The molecule has 2 unspecified atom stereocenters. The van der Waals surface area contributed by atoms with Gasteiger partial charge in [-0.1, -0.05) is 6.92 Å². The number of halogens is 13. The molecule has 0 bridgehead atoms. The van der Waals surface area contributed by atoms with E-state index in [2.05, 4.69) is 4.74 Å². The number of ether oxygens (including phenoxy) is 3. The van der Waals surface area contributed by atoms with Crippen molar-refractivity contribution in [3.8, 4) is 0 Å². The summed E-state index contributed by atoms with van der Waals surface area (Å²) in [5, 5.41) is 38.1. The zero-order valence-corrected chi connectivity index (χ0v) is 22.7. The molecule has 0 aromatic carbocycles. The average molecular weight is 700 g/mol. The van der Waals surface area contributed by atoms with Crippen molar-refractivity contribution >= 4 is 23.7 Å². The van der Waals surface area contributed by atoms with Crippen LogP contribution >= 0.6 is 11.8 Å². The first-order valence-corrected chi connectivity index (χ1v) is 13.1. The Hall–Kier alpha value is -1.82. The summed E-state index contributed by atoms with van der Waals surface area (Å²) in [7, 11) is 0. The predicted molar refractivity (Wildman–Crippen MR) is 117 cm³/mol. The maximum atomic E-state index is 13.8. The fourth-order valence-electron chi connectivity index (χ4n) is 3.18. The molecule has 44 heavy (non-hydrogen) atoms. The van der Waals surface area contributed by atoms with Gasteiger partial charge in [-0.25, -0.2) is 0 Å². The van der Waals surface area contributed by atoms with Crippen LogP contribution in [0.1, 0.15) is 19.8 Å². The van der Waals surface area contributed by atoms with Crippen molar-refractivity contribution in [1.29, 1.82) is 0 Å². The Kier molecular flexibility index (Phi) is 13.1. The molecule has 1 aliphatic rings. The summed E-state index contributed by atoms with van der Waals surface area (Å²) in [4.78, 5) is 23.6. The van der Waals surface area contributed by atoms with Crippen LogP contribution in [-0.2, 0) is 23.8 Å². The molecular formula is C21H25F13O9S. The van der Waals surface area contributed by atoms with Crippen LogP contribution in [0.4, 0.5) is 57.1 Å². The summed E-state index contributed by atoms with van der Waals surface area (Å²) in [5.41, 5.74) is 0. The standard InChI is InChI=1S/C21H25F13O9S/c1-8(7-44-5-2-10(35)42-6-9-11(36)12(37)13(38)15(40)43-9)14(39)41-4-3-16(22,23)17(24,25)18(26,27)19(28,29)20(30,31)21(32,33)34/h8-9,11-13,15,36-38,40H,2-7H2,1H3/t8?,9-,11-,12+,13+,15?/m1/s1. The zero-order chi connectivity index (χ0) is 34.7. The van der Waals surface area contributed by atoms with Gasteiger partial charge in [0.1, 0.15) is 31.0 Å². The van der Waals surface area contributed by atoms with Gasteiger partial charge in [-0.3, -0.25) is 9.59 Å². The molecule has 0 aromatic rings. The molecule has 1 heterocycles. The topological polar surface area (TPSA) is 143 Å². The largest absolute Gasteiger partial charge is 0.465 e. The van der Waals surface area contributed by atoms with Crippen LogP contribution in [0.25, 0.3) is 0 Å². The third-order valence-electron chi connectivity index (χ3n) is 5.98. The molecule has 1 saturated heterocycles. The van der Waals surface area contributed by atoms with Gasteiger partial charge < -0.3 is 34.6 Å². The van der Waals surface area contributed by atoms with E-state index in [4.69, 9.17) is 9.47 Å². The van der Waals surface area contributed by atoms with Crippen LogP contribution in [0, 0.1) is 5.92 Å². The first-order chi connectivity index (χ1) is 19.7. The molecule has 0 saturated carbocycles. The average Bonchev–Trinajstić information content (AvgIpc) is 2.89. The van der Waals surface area contributed by atoms with E-state index in [9.17, 15) is 87.1 Å². The number of carbonyl (C=O) groups is 2. The van der Waals surface area contributed by atoms with Crippen molar-refractivity contribution in [1.82, 2.24) is 0 Å². The maximum absolute atomic E-state index is 13.8. The van der Waals surface area contributed by atoms with Gasteiger partial charge in [-0.05, 0) is 0 Å². The Balaban J connectivity index is 2.56.